The number of hydrogen-bond acceptors (Lipinski definition) is 4. The Hall–Kier alpha value is -6.59. The average Bonchev–Trinajstić information content (AvgIpc) is 3.70. The molecule has 0 aliphatic rings. The third kappa shape index (κ3) is 4.15. The Morgan fingerprint density at radius 2 is 0.979 bits per heavy atom. The smallest absolute Gasteiger partial charge is 0.164 e. The SMILES string of the molecule is c1ccc(-c2nc(-c3ccc4ccccc4c3)nc(-c3cc(-n4c5ccccc5c5ccccc54)c4c(c3)oc3ccccc34)n2)cc1. The normalized spacial score (nSPS) is 11.8. The van der Waals surface area contributed by atoms with Gasteiger partial charge in [-0.05, 0) is 47.2 Å². The summed E-state index contributed by atoms with van der Waals surface area (Å²) in [6, 6.07) is 54.5. The highest BCUT2D eigenvalue weighted by molar-refractivity contribution is 6.15. The van der Waals surface area contributed by atoms with Crippen molar-refractivity contribution in [2.75, 3.05) is 0 Å². The van der Waals surface area contributed by atoms with Gasteiger partial charge in [0.05, 0.1) is 22.1 Å². The second-order valence-electron chi connectivity index (χ2n) is 12.1. The van der Waals surface area contributed by atoms with Gasteiger partial charge in [-0.2, -0.15) is 0 Å². The predicted octanol–water partition coefficient (Wildman–Crippen LogP) is 11.0. The molecule has 0 unspecified atom stereocenters. The molecule has 7 aromatic carbocycles. The molecule has 0 aliphatic heterocycles. The minimum Gasteiger partial charge on any atom is -0.456 e. The molecule has 10 rings (SSSR count). The molecule has 0 amide bonds. The number of fused-ring (bicyclic) bond motifs is 7. The lowest BCUT2D eigenvalue weighted by atomic mass is 10.1. The number of nitrogens with zero attached hydrogens (tertiary/aromatic N) is 4. The molecule has 0 atom stereocenters. The van der Waals surface area contributed by atoms with Crippen LogP contribution in [0.4, 0.5) is 0 Å². The minimum absolute atomic E-state index is 0.580. The van der Waals surface area contributed by atoms with Gasteiger partial charge in [-0.3, -0.25) is 0 Å². The van der Waals surface area contributed by atoms with Gasteiger partial charge in [0.15, 0.2) is 17.5 Å². The summed E-state index contributed by atoms with van der Waals surface area (Å²) < 4.78 is 8.92. The Morgan fingerprint density at radius 1 is 0.396 bits per heavy atom. The van der Waals surface area contributed by atoms with Gasteiger partial charge in [0.1, 0.15) is 11.2 Å². The van der Waals surface area contributed by atoms with Crippen molar-refractivity contribution in [2.24, 2.45) is 0 Å². The number of aromatic nitrogens is 4. The third-order valence-corrected chi connectivity index (χ3v) is 9.21. The molecule has 0 bridgehead atoms. The van der Waals surface area contributed by atoms with Crippen molar-refractivity contribution in [3.8, 4) is 39.9 Å². The molecule has 0 aliphatic carbocycles. The number of para-hydroxylation sites is 3. The number of furan rings is 1. The first-order chi connectivity index (χ1) is 23.8. The zero-order valence-corrected chi connectivity index (χ0v) is 25.7. The van der Waals surface area contributed by atoms with E-state index >= 15 is 0 Å². The average molecular weight is 615 g/mol. The van der Waals surface area contributed by atoms with Crippen LogP contribution in [0.5, 0.6) is 0 Å². The van der Waals surface area contributed by atoms with Crippen molar-refractivity contribution in [3.63, 3.8) is 0 Å². The molecule has 0 saturated heterocycles. The summed E-state index contributed by atoms with van der Waals surface area (Å²) in [7, 11) is 0. The van der Waals surface area contributed by atoms with Crippen molar-refractivity contribution in [1.82, 2.24) is 19.5 Å². The topological polar surface area (TPSA) is 56.7 Å². The van der Waals surface area contributed by atoms with E-state index in [4.69, 9.17) is 19.4 Å². The predicted molar refractivity (Wildman–Crippen MR) is 195 cm³/mol. The maximum atomic E-state index is 6.57. The highest BCUT2D eigenvalue weighted by atomic mass is 16.3. The monoisotopic (exact) mass is 614 g/mol. The molecule has 3 aromatic heterocycles. The van der Waals surface area contributed by atoms with Gasteiger partial charge in [0.2, 0.25) is 0 Å². The Morgan fingerprint density at radius 3 is 1.73 bits per heavy atom. The van der Waals surface area contributed by atoms with Crippen LogP contribution in [0.1, 0.15) is 0 Å². The number of benzene rings is 7. The van der Waals surface area contributed by atoms with Crippen molar-refractivity contribution < 1.29 is 4.42 Å². The fourth-order valence-corrected chi connectivity index (χ4v) is 7.00. The lowest BCUT2D eigenvalue weighted by Gasteiger charge is -2.13. The van der Waals surface area contributed by atoms with Gasteiger partial charge >= 0.3 is 0 Å². The highest BCUT2D eigenvalue weighted by Gasteiger charge is 2.21. The van der Waals surface area contributed by atoms with E-state index in [2.05, 4.69) is 120 Å². The van der Waals surface area contributed by atoms with Crippen molar-refractivity contribution >= 4 is 54.5 Å². The Kier molecular flexibility index (Phi) is 5.81. The summed E-state index contributed by atoms with van der Waals surface area (Å²) in [4.78, 5) is 15.2. The van der Waals surface area contributed by atoms with Gasteiger partial charge < -0.3 is 8.98 Å². The van der Waals surface area contributed by atoms with Crippen molar-refractivity contribution in [1.29, 1.82) is 0 Å². The Labute approximate surface area is 275 Å². The van der Waals surface area contributed by atoms with Crippen molar-refractivity contribution in [2.45, 2.75) is 0 Å². The van der Waals surface area contributed by atoms with Crippen LogP contribution in [0.3, 0.4) is 0 Å². The van der Waals surface area contributed by atoms with E-state index in [1.165, 1.54) is 16.2 Å². The van der Waals surface area contributed by atoms with Crippen molar-refractivity contribution in [3.05, 3.63) is 158 Å². The summed E-state index contributed by atoms with van der Waals surface area (Å²) in [5, 5.41) is 6.82. The third-order valence-electron chi connectivity index (χ3n) is 9.21. The van der Waals surface area contributed by atoms with Gasteiger partial charge in [0.25, 0.3) is 0 Å². The molecule has 5 heteroatoms. The lowest BCUT2D eigenvalue weighted by molar-refractivity contribution is 0.669. The standard InChI is InChI=1S/C43H26N4O/c1-2-13-28(14-3-1)41-44-42(30-23-22-27-12-4-5-15-29(27)24-30)46-43(45-41)31-25-37(40-34-18-8-11-21-38(34)48-39(40)26-31)47-35-19-9-6-16-32(35)33-17-7-10-20-36(33)47/h1-26H. The van der Waals surface area contributed by atoms with Crippen LogP contribution in [0.15, 0.2) is 162 Å². The fraction of sp³-hybridized carbons (Fsp3) is 0. The first-order valence-corrected chi connectivity index (χ1v) is 16.0. The van der Waals surface area contributed by atoms with E-state index in [-0.39, 0.29) is 0 Å². The quantitative estimate of drug-likeness (QED) is 0.198. The molecule has 5 nitrogen and oxygen atoms in total. The minimum atomic E-state index is 0.580. The van der Waals surface area contributed by atoms with Crippen LogP contribution in [0, 0.1) is 0 Å². The largest absolute Gasteiger partial charge is 0.456 e. The van der Waals surface area contributed by atoms with Gasteiger partial charge in [0, 0.05) is 32.8 Å². The molecule has 0 N–H and O–H groups in total. The van der Waals surface area contributed by atoms with Crippen LogP contribution in [-0.2, 0) is 0 Å². The van der Waals surface area contributed by atoms with E-state index in [9.17, 15) is 0 Å². The van der Waals surface area contributed by atoms with E-state index in [1.54, 1.807) is 0 Å². The molecule has 0 radical (unpaired) electrons. The summed E-state index contributed by atoms with van der Waals surface area (Å²) in [5.41, 5.74) is 7.58. The molecule has 48 heavy (non-hydrogen) atoms. The van der Waals surface area contributed by atoms with Crippen LogP contribution < -0.4 is 0 Å². The van der Waals surface area contributed by atoms with Gasteiger partial charge in [-0.15, -0.1) is 0 Å². The summed E-state index contributed by atoms with van der Waals surface area (Å²) in [5.74, 6) is 1.82. The molecular formula is C43H26N4O. The summed E-state index contributed by atoms with van der Waals surface area (Å²) in [6.45, 7) is 0. The molecule has 224 valence electrons. The first kappa shape index (κ1) is 26.6. The zero-order chi connectivity index (χ0) is 31.6. The molecule has 10 aromatic rings. The van der Waals surface area contributed by atoms with Gasteiger partial charge in [-0.25, -0.2) is 15.0 Å². The fourth-order valence-electron chi connectivity index (χ4n) is 7.00. The molecular weight excluding hydrogens is 589 g/mol. The lowest BCUT2D eigenvalue weighted by Crippen LogP contribution is -2.01. The van der Waals surface area contributed by atoms with E-state index in [1.807, 2.05) is 42.5 Å². The maximum Gasteiger partial charge on any atom is 0.164 e. The maximum absolute atomic E-state index is 6.57. The Bertz CT molecular complexity index is 2800. The van der Waals surface area contributed by atoms with Crippen LogP contribution >= 0.6 is 0 Å². The second-order valence-corrected chi connectivity index (χ2v) is 12.1. The zero-order valence-electron chi connectivity index (χ0n) is 25.7. The number of rotatable bonds is 4. The number of hydrogen-bond donors (Lipinski definition) is 0. The highest BCUT2D eigenvalue weighted by Crippen LogP contribution is 2.41. The van der Waals surface area contributed by atoms with E-state index in [0.717, 1.165) is 60.7 Å². The van der Waals surface area contributed by atoms with E-state index in [0.29, 0.717) is 17.5 Å². The summed E-state index contributed by atoms with van der Waals surface area (Å²) >= 11 is 0. The van der Waals surface area contributed by atoms with Crippen LogP contribution in [-0.4, -0.2) is 19.5 Å². The van der Waals surface area contributed by atoms with E-state index < -0.39 is 0 Å². The molecule has 3 heterocycles. The summed E-state index contributed by atoms with van der Waals surface area (Å²) in [6.07, 6.45) is 0. The van der Waals surface area contributed by atoms with Gasteiger partial charge in [-0.1, -0.05) is 121 Å². The molecule has 0 fully saturated rings. The molecule has 0 saturated carbocycles. The van der Waals surface area contributed by atoms with Crippen LogP contribution in [0.2, 0.25) is 0 Å². The Balaban J connectivity index is 1.29. The van der Waals surface area contributed by atoms with Crippen LogP contribution in [0.25, 0.3) is 94.4 Å². The molecule has 0 spiro atoms. The first-order valence-electron chi connectivity index (χ1n) is 16.0. The second kappa shape index (κ2) is 10.5.